The van der Waals surface area contributed by atoms with Gasteiger partial charge in [0.15, 0.2) is 5.78 Å². The van der Waals surface area contributed by atoms with E-state index < -0.39 is 18.1 Å². The number of nitrogens with zero attached hydrogens (tertiary/aromatic N) is 3. The molecule has 3 N–H and O–H groups in total. The van der Waals surface area contributed by atoms with Crippen LogP contribution in [0.25, 0.3) is 10.9 Å². The Labute approximate surface area is 209 Å². The van der Waals surface area contributed by atoms with E-state index in [0.29, 0.717) is 30.1 Å². The molecule has 5 atom stereocenters. The molecule has 36 heavy (non-hydrogen) atoms. The highest BCUT2D eigenvalue weighted by atomic mass is 19.1. The van der Waals surface area contributed by atoms with Crippen LogP contribution >= 0.6 is 0 Å². The van der Waals surface area contributed by atoms with Crippen molar-refractivity contribution in [3.63, 3.8) is 0 Å². The fourth-order valence-electron chi connectivity index (χ4n) is 5.86. The third-order valence-corrected chi connectivity index (χ3v) is 7.67. The van der Waals surface area contributed by atoms with Gasteiger partial charge in [-0.1, -0.05) is 6.92 Å². The van der Waals surface area contributed by atoms with Gasteiger partial charge in [0.1, 0.15) is 12.0 Å². The quantitative estimate of drug-likeness (QED) is 0.513. The zero-order chi connectivity index (χ0) is 25.4. The van der Waals surface area contributed by atoms with Gasteiger partial charge in [-0.25, -0.2) is 8.78 Å². The van der Waals surface area contributed by atoms with Crippen LogP contribution in [0.5, 0.6) is 0 Å². The summed E-state index contributed by atoms with van der Waals surface area (Å²) in [5, 5.41) is 9.90. The lowest BCUT2D eigenvalue weighted by Crippen LogP contribution is -2.44. The number of hydrogen-bond donors (Lipinski definition) is 2. The van der Waals surface area contributed by atoms with Crippen LogP contribution in [0.4, 0.5) is 14.5 Å². The number of halogens is 2. The van der Waals surface area contributed by atoms with Crippen molar-refractivity contribution in [1.29, 1.82) is 0 Å². The summed E-state index contributed by atoms with van der Waals surface area (Å²) in [6, 6.07) is 6.50. The first-order valence-electron chi connectivity index (χ1n) is 12.7. The lowest BCUT2D eigenvalue weighted by Gasteiger charge is -2.33. The number of rotatable bonds is 5. The molecule has 3 heterocycles. The van der Waals surface area contributed by atoms with Crippen molar-refractivity contribution in [3.8, 4) is 0 Å². The minimum atomic E-state index is -1.37. The number of carbonyl (C=O) groups excluding carboxylic acids is 1. The van der Waals surface area contributed by atoms with Crippen molar-refractivity contribution in [3.05, 3.63) is 65.4 Å². The molecule has 1 aliphatic heterocycles. The van der Waals surface area contributed by atoms with E-state index in [1.165, 1.54) is 12.1 Å². The summed E-state index contributed by atoms with van der Waals surface area (Å²) in [5.74, 6) is 0.151. The second-order valence-corrected chi connectivity index (χ2v) is 10.4. The van der Waals surface area contributed by atoms with Gasteiger partial charge in [0.2, 0.25) is 0 Å². The third-order valence-electron chi connectivity index (χ3n) is 7.67. The van der Waals surface area contributed by atoms with Gasteiger partial charge in [-0.05, 0) is 72.9 Å². The average Bonchev–Trinajstić information content (AvgIpc) is 2.85. The van der Waals surface area contributed by atoms with Crippen molar-refractivity contribution in [2.75, 3.05) is 18.0 Å². The van der Waals surface area contributed by atoms with E-state index >= 15 is 0 Å². The second kappa shape index (κ2) is 10.2. The molecule has 0 bridgehead atoms. The van der Waals surface area contributed by atoms with E-state index in [1.807, 2.05) is 6.07 Å². The first-order valence-corrected chi connectivity index (χ1v) is 12.7. The highest BCUT2D eigenvalue weighted by molar-refractivity contribution is 6.08. The fraction of sp³-hybridized carbons (Fsp3) is 0.464. The molecule has 1 saturated carbocycles. The summed E-state index contributed by atoms with van der Waals surface area (Å²) < 4.78 is 28.9. The highest BCUT2D eigenvalue weighted by Crippen LogP contribution is 2.37. The molecule has 1 aliphatic carbocycles. The first kappa shape index (κ1) is 24.7. The Bertz CT molecular complexity index is 1260. The molecule has 3 aromatic rings. The van der Waals surface area contributed by atoms with Gasteiger partial charge in [-0.3, -0.25) is 14.8 Å². The molecule has 190 valence electrons. The Hall–Kier alpha value is -2.97. The number of aliphatic hydroxyl groups excluding tert-OH is 1. The molecule has 2 fully saturated rings. The van der Waals surface area contributed by atoms with E-state index in [0.717, 1.165) is 30.4 Å². The molecule has 8 heteroatoms. The van der Waals surface area contributed by atoms with Crippen LogP contribution < -0.4 is 10.6 Å². The molecule has 2 aromatic heterocycles. The smallest absolute Gasteiger partial charge is 0.169 e. The topological polar surface area (TPSA) is 92.3 Å². The van der Waals surface area contributed by atoms with E-state index in [1.54, 1.807) is 29.6 Å². The van der Waals surface area contributed by atoms with Crippen LogP contribution in [-0.2, 0) is 6.42 Å². The number of fused-ring (bicyclic) bond motifs is 1. The summed E-state index contributed by atoms with van der Waals surface area (Å²) in [6.45, 7) is 2.67. The Kier molecular flexibility index (Phi) is 6.99. The number of alkyl halides is 1. The number of hydrogen-bond acceptors (Lipinski definition) is 6. The summed E-state index contributed by atoms with van der Waals surface area (Å²) in [6.07, 6.45) is 6.03. The van der Waals surface area contributed by atoms with Crippen molar-refractivity contribution in [1.82, 2.24) is 9.97 Å². The second-order valence-electron chi connectivity index (χ2n) is 10.4. The van der Waals surface area contributed by atoms with Crippen molar-refractivity contribution < 1.29 is 18.7 Å². The van der Waals surface area contributed by atoms with E-state index in [2.05, 4.69) is 16.9 Å². The fourth-order valence-corrected chi connectivity index (χ4v) is 5.86. The summed E-state index contributed by atoms with van der Waals surface area (Å²) in [7, 11) is 0. The van der Waals surface area contributed by atoms with Crippen LogP contribution in [-0.4, -0.2) is 52.3 Å². The van der Waals surface area contributed by atoms with Crippen molar-refractivity contribution in [2.45, 2.75) is 63.3 Å². The number of carbonyl (C=O) groups is 1. The monoisotopic (exact) mass is 494 g/mol. The molecule has 2 aliphatic rings. The maximum atomic E-state index is 14.8. The maximum absolute atomic E-state index is 14.8. The third kappa shape index (κ3) is 4.97. The van der Waals surface area contributed by atoms with Gasteiger partial charge in [-0.2, -0.15) is 0 Å². The summed E-state index contributed by atoms with van der Waals surface area (Å²) in [4.78, 5) is 23.9. The van der Waals surface area contributed by atoms with Gasteiger partial charge < -0.3 is 15.7 Å². The average molecular weight is 495 g/mol. The first-order chi connectivity index (χ1) is 17.3. The van der Waals surface area contributed by atoms with Crippen LogP contribution in [0.15, 0.2) is 42.9 Å². The van der Waals surface area contributed by atoms with Gasteiger partial charge in [0, 0.05) is 42.4 Å². The Balaban J connectivity index is 1.43. The summed E-state index contributed by atoms with van der Waals surface area (Å²) >= 11 is 0. The molecule has 1 aromatic carbocycles. The number of benzene rings is 1. The zero-order valence-corrected chi connectivity index (χ0v) is 20.4. The van der Waals surface area contributed by atoms with Crippen molar-refractivity contribution >= 4 is 22.4 Å². The minimum absolute atomic E-state index is 0.0157. The molecular weight excluding hydrogens is 462 g/mol. The molecule has 0 unspecified atom stereocenters. The summed E-state index contributed by atoms with van der Waals surface area (Å²) in [5.41, 5.74) is 9.46. The normalized spacial score (nSPS) is 26.8. The Morgan fingerprint density at radius 1 is 1.22 bits per heavy atom. The number of anilines is 1. The lowest BCUT2D eigenvalue weighted by atomic mass is 9.75. The number of nitrogens with two attached hydrogens (primary N) is 1. The van der Waals surface area contributed by atoms with Crippen LogP contribution in [0.3, 0.4) is 0 Å². The highest BCUT2D eigenvalue weighted by Gasteiger charge is 2.29. The molecule has 0 radical (unpaired) electrons. The molecular formula is C28H32F2N4O2. The number of aromatic nitrogens is 2. The predicted molar refractivity (Wildman–Crippen MR) is 135 cm³/mol. The maximum Gasteiger partial charge on any atom is 0.169 e. The van der Waals surface area contributed by atoms with Gasteiger partial charge >= 0.3 is 0 Å². The molecule has 6 nitrogen and oxygen atoms in total. The molecule has 0 amide bonds. The lowest BCUT2D eigenvalue weighted by molar-refractivity contribution is 0.0615. The Morgan fingerprint density at radius 3 is 2.83 bits per heavy atom. The van der Waals surface area contributed by atoms with Gasteiger partial charge in [0.05, 0.1) is 30.0 Å². The molecule has 0 spiro atoms. The zero-order valence-electron chi connectivity index (χ0n) is 20.4. The van der Waals surface area contributed by atoms with E-state index in [9.17, 15) is 18.7 Å². The minimum Gasteiger partial charge on any atom is -0.390 e. The van der Waals surface area contributed by atoms with Gasteiger partial charge in [0.25, 0.3) is 0 Å². The van der Waals surface area contributed by atoms with Crippen LogP contribution in [0.1, 0.15) is 60.0 Å². The van der Waals surface area contributed by atoms with Crippen LogP contribution in [0.2, 0.25) is 0 Å². The van der Waals surface area contributed by atoms with Crippen molar-refractivity contribution in [2.24, 2.45) is 11.7 Å². The number of ketones is 1. The predicted octanol–water partition coefficient (Wildman–Crippen LogP) is 4.33. The largest absolute Gasteiger partial charge is 0.390 e. The van der Waals surface area contributed by atoms with Crippen LogP contribution in [0, 0.1) is 11.7 Å². The molecule has 5 rings (SSSR count). The number of Topliss-reactive ketones (excluding diaryl/α,β-unsaturated/α-hetero) is 1. The molecule has 1 saturated heterocycles. The number of piperidine rings is 1. The number of pyridine rings is 2. The SMILES string of the molecule is C[C@@H]1C[C@H](N)C[C@H](c2ccncc2CC(=O)c2ccc(F)c3cc(N4CC[C@H](O)[C@@H](F)C4)cnc23)C1. The number of aliphatic hydroxyl groups is 1. The Morgan fingerprint density at radius 2 is 2.06 bits per heavy atom. The van der Waals surface area contributed by atoms with E-state index in [4.69, 9.17) is 5.73 Å². The standard InChI is InChI=1S/C28H32F2N4O2/c1-16-8-17(10-19(31)9-16)21-4-6-32-13-18(21)11-27(36)22-2-3-24(29)23-12-20(14-33-28(22)23)34-7-5-26(35)25(30)15-34/h2-4,6,12-14,16-17,19,25-26,35H,5,7-11,15,31H2,1H3/t16-,17+,19-,25-,26-/m0/s1. The van der Waals surface area contributed by atoms with E-state index in [-0.39, 0.29) is 41.6 Å². The van der Waals surface area contributed by atoms with Gasteiger partial charge in [-0.15, -0.1) is 0 Å².